The van der Waals surface area contributed by atoms with Gasteiger partial charge in [-0.3, -0.25) is 0 Å². The summed E-state index contributed by atoms with van der Waals surface area (Å²) in [5.74, 6) is 0.440. The van der Waals surface area contributed by atoms with E-state index < -0.39 is 0 Å². The normalized spacial score (nSPS) is 23.7. The monoisotopic (exact) mass is 354 g/mol. The van der Waals surface area contributed by atoms with Crippen molar-refractivity contribution in [3.05, 3.63) is 28.0 Å². The zero-order valence-electron chi connectivity index (χ0n) is 13.5. The lowest BCUT2D eigenvalue weighted by Gasteiger charge is -2.28. The molecule has 0 aromatic carbocycles. The number of hydrogen-bond donors (Lipinski definition) is 2. The van der Waals surface area contributed by atoms with E-state index in [0.717, 1.165) is 53.8 Å². The van der Waals surface area contributed by atoms with E-state index >= 15 is 0 Å². The third-order valence-corrected chi connectivity index (χ3v) is 5.72. The second-order valence-corrected chi connectivity index (χ2v) is 7.47. The van der Waals surface area contributed by atoms with Crippen LogP contribution in [0.25, 0.3) is 5.57 Å². The third kappa shape index (κ3) is 4.05. The smallest absolute Gasteiger partial charge is 0.151 e. The van der Waals surface area contributed by atoms with E-state index in [0.29, 0.717) is 12.0 Å². The summed E-state index contributed by atoms with van der Waals surface area (Å²) >= 11 is 7.89. The number of nitrogens with one attached hydrogen (secondary N) is 2. The minimum atomic E-state index is -0.206. The van der Waals surface area contributed by atoms with Gasteiger partial charge in [0.05, 0.1) is 5.57 Å². The van der Waals surface area contributed by atoms with Crippen molar-refractivity contribution in [3.63, 3.8) is 0 Å². The Balaban J connectivity index is 1.78. The maximum Gasteiger partial charge on any atom is 0.151 e. The van der Waals surface area contributed by atoms with Gasteiger partial charge in [-0.15, -0.1) is 10.2 Å². The topological polar surface area (TPSA) is 59.1 Å². The van der Waals surface area contributed by atoms with E-state index in [1.807, 2.05) is 12.3 Å². The average Bonchev–Trinajstić information content (AvgIpc) is 3.05. The molecule has 2 aliphatic rings. The number of allylic oxidation sites excluding steroid dienone is 1. The van der Waals surface area contributed by atoms with Gasteiger partial charge in [0.1, 0.15) is 10.5 Å². The molecular weight excluding hydrogens is 332 g/mol. The van der Waals surface area contributed by atoms with Crippen LogP contribution in [0.1, 0.15) is 49.0 Å². The molecule has 2 unspecified atom stereocenters. The number of ether oxygens (including phenoxy) is 1. The van der Waals surface area contributed by atoms with Crippen molar-refractivity contribution in [2.75, 3.05) is 13.2 Å². The van der Waals surface area contributed by atoms with Gasteiger partial charge in [-0.2, -0.15) is 0 Å². The number of dihydropyridines is 1. The van der Waals surface area contributed by atoms with Crippen molar-refractivity contribution >= 4 is 28.5 Å². The lowest BCUT2D eigenvalue weighted by atomic mass is 10.1. The Bertz CT molecular complexity index is 595. The SMILES string of the molecule is CCC(C)c1nnc(C2=CNC(Cl)C=C2NC2CCOCC2)s1. The number of hydrogen-bond acceptors (Lipinski definition) is 6. The van der Waals surface area contributed by atoms with Crippen LogP contribution in [0.4, 0.5) is 0 Å². The van der Waals surface area contributed by atoms with Gasteiger partial charge in [0.25, 0.3) is 0 Å². The van der Waals surface area contributed by atoms with E-state index in [2.05, 4.69) is 34.7 Å². The highest BCUT2D eigenvalue weighted by Gasteiger charge is 2.23. The lowest BCUT2D eigenvalue weighted by Crippen LogP contribution is -2.36. The summed E-state index contributed by atoms with van der Waals surface area (Å²) in [6, 6.07) is 0.419. The standard InChI is InChI=1S/C16H23ClN4OS/c1-3-10(2)15-20-21-16(23-15)12-9-18-14(17)8-13(12)19-11-4-6-22-7-5-11/h8-11,14,18-19H,3-7H2,1-2H3. The van der Waals surface area contributed by atoms with Gasteiger partial charge < -0.3 is 15.4 Å². The number of rotatable bonds is 5. The highest BCUT2D eigenvalue weighted by atomic mass is 35.5. The number of alkyl halides is 1. The first-order valence-corrected chi connectivity index (χ1v) is 9.43. The summed E-state index contributed by atoms with van der Waals surface area (Å²) in [5, 5.41) is 17.5. The molecule has 126 valence electrons. The van der Waals surface area contributed by atoms with E-state index in [9.17, 15) is 0 Å². The predicted molar refractivity (Wildman–Crippen MR) is 94.4 cm³/mol. The van der Waals surface area contributed by atoms with Crippen LogP contribution in [0.2, 0.25) is 0 Å². The van der Waals surface area contributed by atoms with Crippen LogP contribution in [0.15, 0.2) is 18.0 Å². The molecule has 0 aliphatic carbocycles. The lowest BCUT2D eigenvalue weighted by molar-refractivity contribution is 0.0807. The Labute approximate surface area is 146 Å². The minimum absolute atomic E-state index is 0.206. The molecule has 2 N–H and O–H groups in total. The van der Waals surface area contributed by atoms with Gasteiger partial charge in [-0.25, -0.2) is 0 Å². The summed E-state index contributed by atoms with van der Waals surface area (Å²) in [7, 11) is 0. The zero-order valence-corrected chi connectivity index (χ0v) is 15.1. The molecule has 5 nitrogen and oxygen atoms in total. The fraction of sp³-hybridized carbons (Fsp3) is 0.625. The number of aromatic nitrogens is 2. The first-order chi connectivity index (χ1) is 11.2. The Morgan fingerprint density at radius 2 is 2.22 bits per heavy atom. The maximum atomic E-state index is 6.23. The molecule has 0 spiro atoms. The summed E-state index contributed by atoms with van der Waals surface area (Å²) in [6.07, 6.45) is 7.05. The third-order valence-electron chi connectivity index (χ3n) is 4.28. The molecule has 1 aromatic heterocycles. The molecule has 1 aromatic rings. The molecule has 1 fully saturated rings. The van der Waals surface area contributed by atoms with Crippen molar-refractivity contribution in [2.24, 2.45) is 0 Å². The van der Waals surface area contributed by atoms with Crippen molar-refractivity contribution in [1.82, 2.24) is 20.8 Å². The van der Waals surface area contributed by atoms with E-state index in [1.54, 1.807) is 11.3 Å². The second kappa shape index (κ2) is 7.64. The summed E-state index contributed by atoms with van der Waals surface area (Å²) in [6.45, 7) is 5.97. The van der Waals surface area contributed by atoms with E-state index in [-0.39, 0.29) is 5.50 Å². The Hall–Kier alpha value is -1.11. The van der Waals surface area contributed by atoms with E-state index in [1.165, 1.54) is 0 Å². The van der Waals surface area contributed by atoms with Crippen LogP contribution in [0.5, 0.6) is 0 Å². The highest BCUT2D eigenvalue weighted by molar-refractivity contribution is 7.12. The predicted octanol–water partition coefficient (Wildman–Crippen LogP) is 3.21. The van der Waals surface area contributed by atoms with Gasteiger partial charge in [-0.1, -0.05) is 36.8 Å². The van der Waals surface area contributed by atoms with Crippen LogP contribution in [-0.2, 0) is 4.74 Å². The Morgan fingerprint density at radius 3 is 2.96 bits per heavy atom. The molecular formula is C16H23ClN4OS. The molecule has 3 heterocycles. The quantitative estimate of drug-likeness (QED) is 0.628. The molecule has 3 rings (SSSR count). The van der Waals surface area contributed by atoms with Crippen LogP contribution in [-0.4, -0.2) is 35.0 Å². The van der Waals surface area contributed by atoms with Gasteiger partial charge in [0, 0.05) is 37.1 Å². The molecule has 0 amide bonds. The molecule has 0 saturated carbocycles. The summed E-state index contributed by atoms with van der Waals surface area (Å²) < 4.78 is 5.43. The first-order valence-electron chi connectivity index (χ1n) is 8.18. The van der Waals surface area contributed by atoms with E-state index in [4.69, 9.17) is 16.3 Å². The zero-order chi connectivity index (χ0) is 16.2. The molecule has 0 radical (unpaired) electrons. The maximum absolute atomic E-state index is 6.23. The van der Waals surface area contributed by atoms with Gasteiger partial charge in [0.15, 0.2) is 5.01 Å². The van der Waals surface area contributed by atoms with Crippen LogP contribution >= 0.6 is 22.9 Å². The second-order valence-electron chi connectivity index (χ2n) is 5.99. The first kappa shape index (κ1) is 16.7. The van der Waals surface area contributed by atoms with Gasteiger partial charge >= 0.3 is 0 Å². The summed E-state index contributed by atoms with van der Waals surface area (Å²) in [4.78, 5) is 0. The van der Waals surface area contributed by atoms with Crippen molar-refractivity contribution in [2.45, 2.75) is 50.6 Å². The summed E-state index contributed by atoms with van der Waals surface area (Å²) in [5.41, 5.74) is 1.88. The largest absolute Gasteiger partial charge is 0.382 e. The Morgan fingerprint density at radius 1 is 1.43 bits per heavy atom. The van der Waals surface area contributed by atoms with Crippen LogP contribution in [0.3, 0.4) is 0 Å². The molecule has 1 saturated heterocycles. The average molecular weight is 355 g/mol. The van der Waals surface area contributed by atoms with Crippen LogP contribution in [0, 0.1) is 0 Å². The molecule has 0 bridgehead atoms. The fourth-order valence-corrected chi connectivity index (χ4v) is 3.80. The minimum Gasteiger partial charge on any atom is -0.382 e. The molecule has 2 aliphatic heterocycles. The van der Waals surface area contributed by atoms with Gasteiger partial charge in [0.2, 0.25) is 0 Å². The molecule has 2 atom stereocenters. The molecule has 7 heteroatoms. The van der Waals surface area contributed by atoms with Crippen molar-refractivity contribution in [1.29, 1.82) is 0 Å². The molecule has 23 heavy (non-hydrogen) atoms. The fourth-order valence-electron chi connectivity index (χ4n) is 2.61. The number of halogens is 1. The van der Waals surface area contributed by atoms with Crippen LogP contribution < -0.4 is 10.6 Å². The Kier molecular flexibility index (Phi) is 5.56. The highest BCUT2D eigenvalue weighted by Crippen LogP contribution is 2.31. The van der Waals surface area contributed by atoms with Crippen molar-refractivity contribution < 1.29 is 4.74 Å². The van der Waals surface area contributed by atoms with Crippen molar-refractivity contribution in [3.8, 4) is 0 Å². The number of nitrogens with zero attached hydrogens (tertiary/aromatic N) is 2. The van der Waals surface area contributed by atoms with Gasteiger partial charge in [-0.05, 0) is 25.3 Å².